The first-order valence-corrected chi connectivity index (χ1v) is 9.38. The number of amides is 3. The fraction of sp³-hybridized carbons (Fsp3) is 0.526. The van der Waals surface area contributed by atoms with Gasteiger partial charge in [-0.05, 0) is 36.6 Å². The summed E-state index contributed by atoms with van der Waals surface area (Å²) in [6.45, 7) is 1.95. The second-order valence-corrected chi connectivity index (χ2v) is 7.34. The van der Waals surface area contributed by atoms with Gasteiger partial charge in [-0.15, -0.1) is 0 Å². The summed E-state index contributed by atoms with van der Waals surface area (Å²) >= 11 is 0. The number of halogens is 1. The molecule has 144 valence electrons. The van der Waals surface area contributed by atoms with Crippen LogP contribution in [0.1, 0.15) is 40.7 Å². The van der Waals surface area contributed by atoms with Gasteiger partial charge in [-0.3, -0.25) is 19.7 Å². The molecule has 3 N–H and O–H groups in total. The highest BCUT2D eigenvalue weighted by molar-refractivity contribution is 6.05. The van der Waals surface area contributed by atoms with Gasteiger partial charge in [0.15, 0.2) is 0 Å². The summed E-state index contributed by atoms with van der Waals surface area (Å²) in [7, 11) is 0. The average molecular weight is 374 g/mol. The first-order valence-electron chi connectivity index (χ1n) is 9.38. The van der Waals surface area contributed by atoms with E-state index < -0.39 is 18.1 Å². The average Bonchev–Trinajstić information content (AvgIpc) is 2.98. The van der Waals surface area contributed by atoms with E-state index in [0.717, 1.165) is 24.1 Å². The van der Waals surface area contributed by atoms with Crippen molar-refractivity contribution in [3.63, 3.8) is 0 Å². The summed E-state index contributed by atoms with van der Waals surface area (Å²) < 4.78 is 14.0. The zero-order valence-corrected chi connectivity index (χ0v) is 15.0. The molecule has 8 heteroatoms. The van der Waals surface area contributed by atoms with Gasteiger partial charge in [0.05, 0.1) is 0 Å². The Morgan fingerprint density at radius 2 is 2.07 bits per heavy atom. The largest absolute Gasteiger partial charge is 0.322 e. The van der Waals surface area contributed by atoms with Crippen LogP contribution in [-0.2, 0) is 22.7 Å². The molecule has 27 heavy (non-hydrogen) atoms. The molecule has 0 aliphatic carbocycles. The van der Waals surface area contributed by atoms with Crippen molar-refractivity contribution < 1.29 is 18.8 Å². The van der Waals surface area contributed by atoms with Crippen LogP contribution in [0.25, 0.3) is 0 Å². The van der Waals surface area contributed by atoms with Crippen LogP contribution in [0.4, 0.5) is 4.39 Å². The quantitative estimate of drug-likeness (QED) is 0.657. The molecule has 0 saturated carbocycles. The van der Waals surface area contributed by atoms with Crippen LogP contribution >= 0.6 is 0 Å². The zero-order chi connectivity index (χ0) is 19.0. The molecule has 3 heterocycles. The number of nitrogens with one attached hydrogen (secondary N) is 3. The van der Waals surface area contributed by atoms with Gasteiger partial charge in [-0.25, -0.2) is 4.39 Å². The lowest BCUT2D eigenvalue weighted by molar-refractivity contribution is -0.136. The first kappa shape index (κ1) is 18.1. The molecule has 3 aliphatic heterocycles. The summed E-state index contributed by atoms with van der Waals surface area (Å²) in [5.41, 5.74) is 2.41. The number of rotatable bonds is 4. The van der Waals surface area contributed by atoms with Crippen molar-refractivity contribution >= 4 is 17.7 Å². The molecule has 3 unspecified atom stereocenters. The predicted molar refractivity (Wildman–Crippen MR) is 95.5 cm³/mol. The minimum atomic E-state index is -0.933. The van der Waals surface area contributed by atoms with E-state index in [1.165, 1.54) is 0 Å². The van der Waals surface area contributed by atoms with Crippen molar-refractivity contribution in [2.45, 2.75) is 50.6 Å². The molecule has 1 aromatic carbocycles. The van der Waals surface area contributed by atoms with E-state index in [2.05, 4.69) is 16.0 Å². The third-order valence-corrected chi connectivity index (χ3v) is 5.64. The second-order valence-electron chi connectivity index (χ2n) is 7.34. The van der Waals surface area contributed by atoms with Crippen LogP contribution in [0, 0.1) is 0 Å². The summed E-state index contributed by atoms with van der Waals surface area (Å²) in [6, 6.07) is 4.68. The number of fused-ring (bicyclic) bond motifs is 1. The van der Waals surface area contributed by atoms with Gasteiger partial charge in [-0.1, -0.05) is 12.1 Å². The van der Waals surface area contributed by atoms with Gasteiger partial charge in [0.2, 0.25) is 11.8 Å². The maximum absolute atomic E-state index is 14.0. The van der Waals surface area contributed by atoms with Crippen LogP contribution in [0.15, 0.2) is 18.2 Å². The summed E-state index contributed by atoms with van der Waals surface area (Å²) in [4.78, 5) is 37.9. The number of alkyl halides is 1. The molecule has 7 nitrogen and oxygen atoms in total. The van der Waals surface area contributed by atoms with Crippen LogP contribution in [0.3, 0.4) is 0 Å². The van der Waals surface area contributed by atoms with Crippen LogP contribution in [0.5, 0.6) is 0 Å². The van der Waals surface area contributed by atoms with Crippen molar-refractivity contribution in [3.8, 4) is 0 Å². The van der Waals surface area contributed by atoms with E-state index in [0.29, 0.717) is 31.6 Å². The topological polar surface area (TPSA) is 90.5 Å². The Balaban J connectivity index is 1.49. The molecular weight excluding hydrogens is 351 g/mol. The molecule has 1 aromatic rings. The number of hydrogen-bond donors (Lipinski definition) is 3. The zero-order valence-electron chi connectivity index (χ0n) is 15.0. The highest BCUT2D eigenvalue weighted by Gasteiger charge is 2.39. The van der Waals surface area contributed by atoms with E-state index in [9.17, 15) is 18.8 Å². The number of nitrogens with zero attached hydrogens (tertiary/aromatic N) is 1. The van der Waals surface area contributed by atoms with Crippen LogP contribution in [-0.4, -0.2) is 54.0 Å². The highest BCUT2D eigenvalue weighted by atomic mass is 19.1. The molecule has 2 saturated heterocycles. The van der Waals surface area contributed by atoms with Crippen molar-refractivity contribution in [2.24, 2.45) is 0 Å². The Kier molecular flexibility index (Phi) is 4.92. The van der Waals surface area contributed by atoms with Gasteiger partial charge in [0.1, 0.15) is 12.2 Å². The monoisotopic (exact) mass is 374 g/mol. The number of imide groups is 1. The number of carbonyl (C=O) groups is 3. The fourth-order valence-electron chi connectivity index (χ4n) is 4.11. The van der Waals surface area contributed by atoms with E-state index in [1.807, 2.05) is 12.1 Å². The van der Waals surface area contributed by atoms with Crippen molar-refractivity contribution in [3.05, 3.63) is 34.9 Å². The van der Waals surface area contributed by atoms with Gasteiger partial charge in [0.25, 0.3) is 5.91 Å². The Hall–Kier alpha value is -2.32. The Morgan fingerprint density at radius 1 is 1.22 bits per heavy atom. The van der Waals surface area contributed by atoms with E-state index in [4.69, 9.17) is 0 Å². The minimum absolute atomic E-state index is 0.188. The number of carbonyl (C=O) groups excluding carboxylic acids is 3. The predicted octanol–water partition coefficient (Wildman–Crippen LogP) is 0.237. The molecule has 0 aromatic heterocycles. The van der Waals surface area contributed by atoms with E-state index in [1.54, 1.807) is 11.0 Å². The Labute approximate surface area is 156 Å². The SMILES string of the molecule is O=C1CCC(N2Cc3c(CNC4CCNCC4F)cccc3C2=O)C(=O)N1. The van der Waals surface area contributed by atoms with E-state index in [-0.39, 0.29) is 24.3 Å². The maximum atomic E-state index is 14.0. The molecule has 0 bridgehead atoms. The highest BCUT2D eigenvalue weighted by Crippen LogP contribution is 2.30. The lowest BCUT2D eigenvalue weighted by Crippen LogP contribution is -2.52. The minimum Gasteiger partial charge on any atom is -0.322 e. The molecule has 3 aliphatic rings. The normalized spacial score (nSPS) is 28.3. The van der Waals surface area contributed by atoms with Gasteiger partial charge < -0.3 is 15.5 Å². The number of benzene rings is 1. The third-order valence-electron chi connectivity index (χ3n) is 5.64. The fourth-order valence-corrected chi connectivity index (χ4v) is 4.11. The van der Waals surface area contributed by atoms with Gasteiger partial charge in [-0.2, -0.15) is 0 Å². The number of hydrogen-bond acceptors (Lipinski definition) is 5. The molecule has 0 radical (unpaired) electrons. The molecule has 2 fully saturated rings. The summed E-state index contributed by atoms with van der Waals surface area (Å²) in [6.07, 6.45) is 0.365. The standard InChI is InChI=1S/C19H23FN4O3/c20-14-9-21-7-6-15(14)22-8-11-2-1-3-12-13(11)10-24(19(12)27)16-4-5-17(25)23-18(16)26/h1-3,14-16,21-22H,4-10H2,(H,23,25,26). The van der Waals surface area contributed by atoms with Gasteiger partial charge in [0, 0.05) is 37.7 Å². The smallest absolute Gasteiger partial charge is 0.255 e. The lowest BCUT2D eigenvalue weighted by Gasteiger charge is -2.29. The maximum Gasteiger partial charge on any atom is 0.255 e. The van der Waals surface area contributed by atoms with E-state index >= 15 is 0 Å². The lowest BCUT2D eigenvalue weighted by atomic mass is 10.0. The number of piperidine rings is 2. The molecule has 3 atom stereocenters. The molecule has 0 spiro atoms. The van der Waals surface area contributed by atoms with Crippen molar-refractivity contribution in [1.82, 2.24) is 20.9 Å². The Bertz CT molecular complexity index is 784. The second kappa shape index (κ2) is 7.36. The Morgan fingerprint density at radius 3 is 2.85 bits per heavy atom. The van der Waals surface area contributed by atoms with Crippen LogP contribution in [0.2, 0.25) is 0 Å². The van der Waals surface area contributed by atoms with Crippen molar-refractivity contribution in [2.75, 3.05) is 13.1 Å². The summed E-state index contributed by atoms with van der Waals surface area (Å²) in [5, 5.41) is 8.61. The van der Waals surface area contributed by atoms with Crippen LogP contribution < -0.4 is 16.0 Å². The van der Waals surface area contributed by atoms with Crippen molar-refractivity contribution in [1.29, 1.82) is 0 Å². The van der Waals surface area contributed by atoms with Gasteiger partial charge >= 0.3 is 0 Å². The first-order chi connectivity index (χ1) is 13.0. The molecule has 3 amide bonds. The third kappa shape index (κ3) is 3.46. The molecular formula is C19H23FN4O3. The summed E-state index contributed by atoms with van der Waals surface area (Å²) in [5.74, 6) is -0.901. The molecule has 4 rings (SSSR count).